The number of allylic oxidation sites excluding steroid dienone is 1. The van der Waals surface area contributed by atoms with Crippen LogP contribution in [-0.4, -0.2) is 53.4 Å². The molecule has 0 spiro atoms. The minimum atomic E-state index is -1.42. The van der Waals surface area contributed by atoms with Gasteiger partial charge < -0.3 is 19.7 Å². The number of fused-ring (bicyclic) bond motifs is 1. The lowest BCUT2D eigenvalue weighted by atomic mass is 9.83. The highest BCUT2D eigenvalue weighted by atomic mass is 16.6. The number of aliphatic hydroxyl groups excluding tert-OH is 2. The van der Waals surface area contributed by atoms with Gasteiger partial charge in [0.2, 0.25) is 0 Å². The van der Waals surface area contributed by atoms with Gasteiger partial charge >= 0.3 is 11.9 Å². The van der Waals surface area contributed by atoms with Gasteiger partial charge in [-0.3, -0.25) is 9.59 Å². The number of aliphatic hydroxyl groups is 2. The Labute approximate surface area is 158 Å². The van der Waals surface area contributed by atoms with E-state index in [1.54, 1.807) is 19.1 Å². The lowest BCUT2D eigenvalue weighted by Gasteiger charge is -2.31. The fourth-order valence-corrected chi connectivity index (χ4v) is 3.18. The molecule has 0 unspecified atom stereocenters. The molecular weight excluding hydrogens is 352 g/mol. The van der Waals surface area contributed by atoms with Crippen LogP contribution in [0.3, 0.4) is 0 Å². The van der Waals surface area contributed by atoms with E-state index in [0.717, 1.165) is 0 Å². The third-order valence-corrected chi connectivity index (χ3v) is 5.12. The van der Waals surface area contributed by atoms with Gasteiger partial charge in [0.05, 0.1) is 18.4 Å². The van der Waals surface area contributed by atoms with Crippen LogP contribution in [0.2, 0.25) is 0 Å². The summed E-state index contributed by atoms with van der Waals surface area (Å²) in [6, 6.07) is 0. The third kappa shape index (κ3) is 4.54. The zero-order valence-electron chi connectivity index (χ0n) is 15.6. The number of carbonyl (C=O) groups is 3. The molecule has 1 saturated heterocycles. The first-order valence-corrected chi connectivity index (χ1v) is 9.08. The molecule has 0 aromatic rings. The monoisotopic (exact) mass is 378 g/mol. The Bertz CT molecular complexity index is 676. The molecule has 1 aliphatic heterocycles. The molecule has 7 nitrogen and oxygen atoms in total. The molecule has 0 saturated carbocycles. The lowest BCUT2D eigenvalue weighted by Crippen LogP contribution is -2.43. The average Bonchev–Trinajstić information content (AvgIpc) is 2.94. The van der Waals surface area contributed by atoms with Crippen LogP contribution >= 0.6 is 0 Å². The maximum atomic E-state index is 12.4. The summed E-state index contributed by atoms with van der Waals surface area (Å²) >= 11 is 0. The Morgan fingerprint density at radius 3 is 2.81 bits per heavy atom. The fraction of sp³-hybridized carbons (Fsp3) is 0.550. The summed E-state index contributed by atoms with van der Waals surface area (Å²) < 4.78 is 10.9. The van der Waals surface area contributed by atoms with E-state index in [-0.39, 0.29) is 17.8 Å². The van der Waals surface area contributed by atoms with E-state index in [1.165, 1.54) is 0 Å². The first kappa shape index (κ1) is 21.1. The fourth-order valence-electron chi connectivity index (χ4n) is 3.18. The molecule has 0 amide bonds. The van der Waals surface area contributed by atoms with E-state index in [1.807, 2.05) is 6.92 Å². The zero-order chi connectivity index (χ0) is 20.1. The van der Waals surface area contributed by atoms with E-state index in [0.29, 0.717) is 31.1 Å². The average molecular weight is 378 g/mol. The highest BCUT2D eigenvalue weighted by molar-refractivity contribution is 5.91. The molecule has 27 heavy (non-hydrogen) atoms. The number of ether oxygens (including phenoxy) is 2. The van der Waals surface area contributed by atoms with Gasteiger partial charge in [0.15, 0.2) is 0 Å². The van der Waals surface area contributed by atoms with Crippen molar-refractivity contribution < 1.29 is 34.1 Å². The van der Waals surface area contributed by atoms with E-state index >= 15 is 0 Å². The van der Waals surface area contributed by atoms with Crippen LogP contribution in [-0.2, 0) is 23.9 Å². The summed E-state index contributed by atoms with van der Waals surface area (Å²) in [6.07, 6.45) is 1.57. The molecule has 0 radical (unpaired) electrons. The topological polar surface area (TPSA) is 110 Å². The minimum absolute atomic E-state index is 0.0559. The van der Waals surface area contributed by atoms with Crippen molar-refractivity contribution in [2.45, 2.75) is 51.4 Å². The van der Waals surface area contributed by atoms with Crippen LogP contribution in [0.4, 0.5) is 0 Å². The minimum Gasteiger partial charge on any atom is -0.458 e. The van der Waals surface area contributed by atoms with E-state index in [4.69, 9.17) is 9.47 Å². The van der Waals surface area contributed by atoms with Gasteiger partial charge in [-0.15, -0.1) is 0 Å². The number of carbonyl (C=O) groups excluding carboxylic acids is 3. The normalized spacial score (nSPS) is 33.6. The van der Waals surface area contributed by atoms with Crippen molar-refractivity contribution in [1.29, 1.82) is 0 Å². The second-order valence-electron chi connectivity index (χ2n) is 6.92. The second kappa shape index (κ2) is 9.10. The predicted octanol–water partition coefficient (Wildman–Crippen LogP) is 1.24. The Hall–Kier alpha value is -2.25. The van der Waals surface area contributed by atoms with Crippen LogP contribution < -0.4 is 0 Å². The molecule has 2 N–H and O–H groups in total. The molecule has 2 rings (SSSR count). The number of aldehydes is 1. The van der Waals surface area contributed by atoms with Crippen molar-refractivity contribution in [3.05, 3.63) is 35.5 Å². The van der Waals surface area contributed by atoms with Crippen molar-refractivity contribution in [1.82, 2.24) is 0 Å². The lowest BCUT2D eigenvalue weighted by molar-refractivity contribution is -0.162. The van der Waals surface area contributed by atoms with Gasteiger partial charge in [0, 0.05) is 11.1 Å². The summed E-state index contributed by atoms with van der Waals surface area (Å²) in [6.45, 7) is 7.01. The molecule has 7 heteroatoms. The molecule has 0 aromatic carbocycles. The molecule has 0 aromatic heterocycles. The molecule has 1 aliphatic carbocycles. The zero-order valence-corrected chi connectivity index (χ0v) is 15.6. The first-order valence-electron chi connectivity index (χ1n) is 9.08. The smallest absolute Gasteiger partial charge is 0.334 e. The number of hydrogen-bond acceptors (Lipinski definition) is 7. The van der Waals surface area contributed by atoms with Gasteiger partial charge in [0.1, 0.15) is 24.6 Å². The molecular formula is C20H26O7. The number of hydrogen-bond donors (Lipinski definition) is 2. The number of rotatable bonds is 5. The number of esters is 2. The van der Waals surface area contributed by atoms with Gasteiger partial charge in [-0.05, 0) is 30.9 Å². The SMILES string of the molecule is C=C1C(=O)O[C@@H]2/C=C(/CO)CC/C=C(/C=O)[C@H](O)[C@@H](OC(=O)[C@H](C)CC)[C@@H]12. The van der Waals surface area contributed by atoms with Crippen LogP contribution in [0.15, 0.2) is 35.5 Å². The summed E-state index contributed by atoms with van der Waals surface area (Å²) in [5.74, 6) is -2.47. The van der Waals surface area contributed by atoms with Gasteiger partial charge in [0.25, 0.3) is 0 Å². The van der Waals surface area contributed by atoms with E-state index < -0.39 is 42.1 Å². The Morgan fingerprint density at radius 1 is 1.52 bits per heavy atom. The maximum absolute atomic E-state index is 12.4. The summed E-state index contributed by atoms with van der Waals surface area (Å²) in [5.41, 5.74) is 0.736. The second-order valence-corrected chi connectivity index (χ2v) is 6.92. The molecule has 1 fully saturated rings. The van der Waals surface area contributed by atoms with Gasteiger partial charge in [-0.1, -0.05) is 26.5 Å². The summed E-state index contributed by atoms with van der Waals surface area (Å²) in [7, 11) is 0. The predicted molar refractivity (Wildman–Crippen MR) is 96.4 cm³/mol. The van der Waals surface area contributed by atoms with Gasteiger partial charge in [-0.25, -0.2) is 4.79 Å². The van der Waals surface area contributed by atoms with Crippen LogP contribution in [0, 0.1) is 11.8 Å². The summed E-state index contributed by atoms with van der Waals surface area (Å²) in [4.78, 5) is 36.0. The van der Waals surface area contributed by atoms with Crippen LogP contribution in [0.5, 0.6) is 0 Å². The van der Waals surface area contributed by atoms with Crippen molar-refractivity contribution in [2.24, 2.45) is 11.8 Å². The Balaban J connectivity index is 2.50. The van der Waals surface area contributed by atoms with Crippen molar-refractivity contribution >= 4 is 18.2 Å². The Kier molecular flexibility index (Phi) is 7.10. The molecule has 1 heterocycles. The van der Waals surface area contributed by atoms with E-state index in [9.17, 15) is 24.6 Å². The Morgan fingerprint density at radius 2 is 2.22 bits per heavy atom. The van der Waals surface area contributed by atoms with Crippen molar-refractivity contribution in [3.8, 4) is 0 Å². The van der Waals surface area contributed by atoms with Crippen LogP contribution in [0.1, 0.15) is 33.1 Å². The summed E-state index contributed by atoms with van der Waals surface area (Å²) in [5, 5.41) is 20.3. The molecule has 2 aliphatic rings. The quantitative estimate of drug-likeness (QED) is 0.320. The van der Waals surface area contributed by atoms with Gasteiger partial charge in [-0.2, -0.15) is 0 Å². The highest BCUT2D eigenvalue weighted by Crippen LogP contribution is 2.36. The third-order valence-electron chi connectivity index (χ3n) is 5.12. The first-order chi connectivity index (χ1) is 12.8. The van der Waals surface area contributed by atoms with E-state index in [2.05, 4.69) is 6.58 Å². The standard InChI is InChI=1S/C20H26O7/c1-4-11(2)19(24)27-18-16-12(3)20(25)26-15(16)8-13(9-21)6-5-7-14(10-22)17(18)23/h7-8,10-11,15-18,21,23H,3-6,9H2,1-2H3/b13-8+,14-7-/t11-,15-,16+,17+,18+/m1/s1. The largest absolute Gasteiger partial charge is 0.458 e. The van der Waals surface area contributed by atoms with Crippen molar-refractivity contribution in [2.75, 3.05) is 6.61 Å². The molecule has 5 atom stereocenters. The van der Waals surface area contributed by atoms with Crippen LogP contribution in [0.25, 0.3) is 0 Å². The molecule has 148 valence electrons. The highest BCUT2D eigenvalue weighted by Gasteiger charge is 2.48. The van der Waals surface area contributed by atoms with Crippen molar-refractivity contribution in [3.63, 3.8) is 0 Å². The maximum Gasteiger partial charge on any atom is 0.334 e. The molecule has 0 bridgehead atoms.